The molecule has 5 nitrogen and oxygen atoms in total. The van der Waals surface area contributed by atoms with Gasteiger partial charge in [-0.2, -0.15) is 0 Å². The molecule has 2 atom stereocenters. The number of rotatable bonds is 4. The number of nitrogens with zero attached hydrogens (tertiary/aromatic N) is 4. The molecular weight excluding hydrogens is 435 g/mol. The van der Waals surface area contributed by atoms with E-state index in [1.54, 1.807) is 12.1 Å². The third kappa shape index (κ3) is 4.23. The van der Waals surface area contributed by atoms with Crippen LogP contribution < -0.4 is 4.90 Å². The molecule has 1 amide bonds. The molecule has 3 aromatic rings. The maximum Gasteiger partial charge on any atom is 0.253 e. The zero-order valence-corrected chi connectivity index (χ0v) is 20.4. The van der Waals surface area contributed by atoms with Crippen molar-refractivity contribution in [1.82, 2.24) is 14.9 Å². The molecule has 1 aliphatic carbocycles. The van der Waals surface area contributed by atoms with Crippen LogP contribution in [0.5, 0.6) is 0 Å². The fraction of sp³-hybridized carbons (Fsp3) is 0.500. The second kappa shape index (κ2) is 9.01. The van der Waals surface area contributed by atoms with Crippen molar-refractivity contribution in [2.75, 3.05) is 31.1 Å². The van der Waals surface area contributed by atoms with Crippen LogP contribution in [0.2, 0.25) is 0 Å². The van der Waals surface area contributed by atoms with Gasteiger partial charge in [-0.1, -0.05) is 20.8 Å². The molecule has 174 valence electrons. The molecule has 3 heterocycles. The molecule has 1 aliphatic heterocycles. The highest BCUT2D eigenvalue weighted by Crippen LogP contribution is 2.42. The zero-order chi connectivity index (χ0) is 23.1. The molecular formula is C26H31FN4OS. The van der Waals surface area contributed by atoms with E-state index in [0.717, 1.165) is 54.7 Å². The van der Waals surface area contributed by atoms with Crippen molar-refractivity contribution in [3.63, 3.8) is 0 Å². The lowest BCUT2D eigenvalue weighted by Gasteiger charge is -2.36. The number of aryl methyl sites for hydroxylation is 1. The summed E-state index contributed by atoms with van der Waals surface area (Å²) in [5, 5.41) is 1.24. The Kier molecular flexibility index (Phi) is 6.08. The van der Waals surface area contributed by atoms with Gasteiger partial charge in [0.1, 0.15) is 22.3 Å². The molecule has 1 fully saturated rings. The number of thiophene rings is 1. The molecule has 0 bridgehead atoms. The molecule has 0 spiro atoms. The Morgan fingerprint density at radius 1 is 1.18 bits per heavy atom. The molecule has 2 aliphatic rings. The number of anilines is 1. The van der Waals surface area contributed by atoms with E-state index in [2.05, 4.69) is 25.7 Å². The highest BCUT2D eigenvalue weighted by molar-refractivity contribution is 7.19. The fourth-order valence-electron chi connectivity index (χ4n) is 4.87. The van der Waals surface area contributed by atoms with Crippen molar-refractivity contribution in [2.45, 2.75) is 52.4 Å². The number of halogens is 1. The van der Waals surface area contributed by atoms with Crippen LogP contribution in [-0.2, 0) is 12.8 Å². The summed E-state index contributed by atoms with van der Waals surface area (Å²) >= 11 is 1.85. The molecule has 0 radical (unpaired) electrons. The number of hydrogen-bond acceptors (Lipinski definition) is 5. The number of aromatic nitrogens is 2. The van der Waals surface area contributed by atoms with Crippen LogP contribution in [0.1, 0.15) is 66.2 Å². The van der Waals surface area contributed by atoms with Gasteiger partial charge in [0.25, 0.3) is 5.91 Å². The molecule has 7 heteroatoms. The molecule has 0 N–H and O–H groups in total. The van der Waals surface area contributed by atoms with Crippen LogP contribution in [0.15, 0.2) is 24.3 Å². The first kappa shape index (κ1) is 22.3. The van der Waals surface area contributed by atoms with E-state index in [9.17, 15) is 9.18 Å². The molecule has 1 saturated heterocycles. The fourth-order valence-corrected chi connectivity index (χ4v) is 6.25. The standard InChI is InChI=1S/C26H31FN4OS/c1-4-17(3)23-28-24(22-20-10-5-16(2)15-21(20)33-25(22)29-23)30-11-13-31(14-12-30)26(32)18-6-8-19(27)9-7-18/h6-9,16-17H,4-5,10-15H2,1-3H3. The topological polar surface area (TPSA) is 49.3 Å². The van der Waals surface area contributed by atoms with E-state index < -0.39 is 0 Å². The molecule has 2 aromatic heterocycles. The minimum absolute atomic E-state index is 0.0373. The van der Waals surface area contributed by atoms with Gasteiger partial charge < -0.3 is 9.80 Å². The SMILES string of the molecule is CCC(C)c1nc(N2CCN(C(=O)c3ccc(F)cc3)CC2)c2c3c(sc2n1)CC(C)CC3. The van der Waals surface area contributed by atoms with E-state index in [1.807, 2.05) is 16.2 Å². The van der Waals surface area contributed by atoms with Crippen molar-refractivity contribution in [1.29, 1.82) is 0 Å². The van der Waals surface area contributed by atoms with Gasteiger partial charge >= 0.3 is 0 Å². The predicted molar refractivity (Wildman–Crippen MR) is 132 cm³/mol. The number of benzene rings is 1. The molecule has 5 rings (SSSR count). The summed E-state index contributed by atoms with van der Waals surface area (Å²) in [6, 6.07) is 5.82. The van der Waals surface area contributed by atoms with Gasteiger partial charge in [-0.25, -0.2) is 14.4 Å². The number of piperazine rings is 1. The third-order valence-corrected chi connectivity index (χ3v) is 8.31. The predicted octanol–water partition coefficient (Wildman–Crippen LogP) is 5.43. The van der Waals surface area contributed by atoms with Crippen LogP contribution in [-0.4, -0.2) is 47.0 Å². The largest absolute Gasteiger partial charge is 0.352 e. The second-order valence-corrected chi connectivity index (χ2v) is 10.6. The first-order chi connectivity index (χ1) is 15.9. The summed E-state index contributed by atoms with van der Waals surface area (Å²) in [7, 11) is 0. The van der Waals surface area contributed by atoms with E-state index >= 15 is 0 Å². The molecule has 0 saturated carbocycles. The van der Waals surface area contributed by atoms with Crippen molar-refractivity contribution < 1.29 is 9.18 Å². The Morgan fingerprint density at radius 3 is 2.61 bits per heavy atom. The van der Waals surface area contributed by atoms with Crippen LogP contribution in [0, 0.1) is 11.7 Å². The quantitative estimate of drug-likeness (QED) is 0.514. The number of fused-ring (bicyclic) bond motifs is 3. The van der Waals surface area contributed by atoms with Gasteiger partial charge in [0.15, 0.2) is 0 Å². The summed E-state index contributed by atoms with van der Waals surface area (Å²) in [6.45, 7) is 9.44. The summed E-state index contributed by atoms with van der Waals surface area (Å²) in [5.74, 6) is 2.65. The maximum absolute atomic E-state index is 13.2. The van der Waals surface area contributed by atoms with Crippen LogP contribution in [0.25, 0.3) is 10.2 Å². The molecule has 1 aromatic carbocycles. The molecule has 33 heavy (non-hydrogen) atoms. The van der Waals surface area contributed by atoms with E-state index in [-0.39, 0.29) is 11.7 Å². The molecule has 2 unspecified atom stereocenters. The summed E-state index contributed by atoms with van der Waals surface area (Å²) in [6.07, 6.45) is 4.45. The lowest BCUT2D eigenvalue weighted by Crippen LogP contribution is -2.49. The van der Waals surface area contributed by atoms with E-state index in [1.165, 1.54) is 34.4 Å². The average Bonchev–Trinajstić information content (AvgIpc) is 3.20. The third-order valence-electron chi connectivity index (χ3n) is 7.16. The summed E-state index contributed by atoms with van der Waals surface area (Å²) in [4.78, 5) is 29.8. The average molecular weight is 467 g/mol. The number of carbonyl (C=O) groups is 1. The lowest BCUT2D eigenvalue weighted by molar-refractivity contribution is 0.0746. The minimum Gasteiger partial charge on any atom is -0.352 e. The summed E-state index contributed by atoms with van der Waals surface area (Å²) < 4.78 is 13.2. The van der Waals surface area contributed by atoms with Gasteiger partial charge in [0, 0.05) is 42.5 Å². The minimum atomic E-state index is -0.324. The van der Waals surface area contributed by atoms with Crippen LogP contribution in [0.4, 0.5) is 10.2 Å². The van der Waals surface area contributed by atoms with Crippen LogP contribution >= 0.6 is 11.3 Å². The van der Waals surface area contributed by atoms with Gasteiger partial charge in [0.2, 0.25) is 0 Å². The van der Waals surface area contributed by atoms with Gasteiger partial charge in [-0.05, 0) is 61.4 Å². The monoisotopic (exact) mass is 466 g/mol. The second-order valence-electron chi connectivity index (χ2n) is 9.53. The number of hydrogen-bond donors (Lipinski definition) is 0. The van der Waals surface area contributed by atoms with Crippen LogP contribution in [0.3, 0.4) is 0 Å². The Morgan fingerprint density at radius 2 is 1.91 bits per heavy atom. The Labute approximate surface area is 198 Å². The van der Waals surface area contributed by atoms with Crippen molar-refractivity contribution >= 4 is 33.3 Å². The van der Waals surface area contributed by atoms with Gasteiger partial charge in [0.05, 0.1) is 5.39 Å². The van der Waals surface area contributed by atoms with Crippen molar-refractivity contribution in [2.24, 2.45) is 5.92 Å². The Bertz CT molecular complexity index is 1170. The zero-order valence-electron chi connectivity index (χ0n) is 19.6. The lowest BCUT2D eigenvalue weighted by atomic mass is 9.89. The highest BCUT2D eigenvalue weighted by atomic mass is 32.1. The highest BCUT2D eigenvalue weighted by Gasteiger charge is 2.29. The normalized spacial score (nSPS) is 19.6. The van der Waals surface area contributed by atoms with Crippen molar-refractivity contribution in [3.8, 4) is 0 Å². The van der Waals surface area contributed by atoms with E-state index in [4.69, 9.17) is 9.97 Å². The van der Waals surface area contributed by atoms with Gasteiger partial charge in [-0.3, -0.25) is 4.79 Å². The summed E-state index contributed by atoms with van der Waals surface area (Å²) in [5.41, 5.74) is 1.98. The Hall–Kier alpha value is -2.54. The number of amides is 1. The van der Waals surface area contributed by atoms with E-state index in [0.29, 0.717) is 24.6 Å². The first-order valence-corrected chi connectivity index (χ1v) is 12.9. The first-order valence-electron chi connectivity index (χ1n) is 12.1. The number of carbonyl (C=O) groups excluding carboxylic acids is 1. The smallest absolute Gasteiger partial charge is 0.253 e. The van der Waals surface area contributed by atoms with Crippen molar-refractivity contribution in [3.05, 3.63) is 51.9 Å². The maximum atomic E-state index is 13.2. The Balaban J connectivity index is 1.44. The van der Waals surface area contributed by atoms with Gasteiger partial charge in [-0.15, -0.1) is 11.3 Å².